The van der Waals surface area contributed by atoms with Gasteiger partial charge >= 0.3 is 0 Å². The van der Waals surface area contributed by atoms with Gasteiger partial charge in [0.1, 0.15) is 11.5 Å². The Hall–Kier alpha value is -7.61. The molecule has 0 radical (unpaired) electrons. The normalized spacial score (nSPS) is 14.6. The van der Waals surface area contributed by atoms with E-state index in [0.717, 1.165) is 67.4 Å². The van der Waals surface area contributed by atoms with Crippen molar-refractivity contribution in [1.82, 2.24) is 9.97 Å². The Morgan fingerprint density at radius 3 is 1.88 bits per heavy atom. The highest BCUT2D eigenvalue weighted by molar-refractivity contribution is 5.91. The highest BCUT2D eigenvalue weighted by Gasteiger charge is 2.51. The van der Waals surface area contributed by atoms with Crippen LogP contribution in [-0.2, 0) is 5.41 Å². The van der Waals surface area contributed by atoms with Crippen LogP contribution in [0.15, 0.2) is 188 Å². The first kappa shape index (κ1) is 31.9. The Balaban J connectivity index is 1.16. The minimum absolute atomic E-state index is 0.619. The van der Waals surface area contributed by atoms with Gasteiger partial charge in [0.15, 0.2) is 11.5 Å². The monoisotopic (exact) mass is 713 g/mol. The van der Waals surface area contributed by atoms with Crippen LogP contribution in [0.2, 0.25) is 0 Å². The summed E-state index contributed by atoms with van der Waals surface area (Å²) in [5, 5.41) is 2.36. The molecule has 0 saturated heterocycles. The Labute approximate surface area is 324 Å². The van der Waals surface area contributed by atoms with Gasteiger partial charge in [-0.1, -0.05) is 152 Å². The van der Waals surface area contributed by atoms with Crippen molar-refractivity contribution in [2.75, 3.05) is 0 Å². The van der Waals surface area contributed by atoms with Crippen LogP contribution in [0, 0.1) is 6.57 Å². The third kappa shape index (κ3) is 4.85. The molecule has 0 amide bonds. The van der Waals surface area contributed by atoms with E-state index in [1.807, 2.05) is 36.4 Å². The Kier molecular flexibility index (Phi) is 7.10. The summed E-state index contributed by atoms with van der Waals surface area (Å²) in [5.74, 6) is 2.32. The molecule has 1 atom stereocenters. The molecule has 56 heavy (non-hydrogen) atoms. The van der Waals surface area contributed by atoms with Gasteiger partial charge in [-0.2, -0.15) is 0 Å². The number of ether oxygens (including phenoxy) is 1. The molecule has 1 aliphatic heterocycles. The molecule has 0 N–H and O–H groups in total. The van der Waals surface area contributed by atoms with E-state index in [1.165, 1.54) is 27.5 Å². The summed E-state index contributed by atoms with van der Waals surface area (Å²) >= 11 is 0. The molecular weight excluding hydrogens is 683 g/mol. The molecule has 1 spiro atoms. The van der Waals surface area contributed by atoms with E-state index in [2.05, 4.69) is 157 Å². The van der Waals surface area contributed by atoms with E-state index in [4.69, 9.17) is 21.3 Å². The van der Waals surface area contributed by atoms with E-state index < -0.39 is 5.41 Å². The first-order valence-electron chi connectivity index (χ1n) is 18.8. The minimum atomic E-state index is -0.684. The highest BCUT2D eigenvalue weighted by atomic mass is 16.5. The van der Waals surface area contributed by atoms with Crippen molar-refractivity contribution in [2.45, 2.75) is 5.41 Å². The second-order valence-corrected chi connectivity index (χ2v) is 14.4. The molecule has 2 aliphatic rings. The second kappa shape index (κ2) is 12.5. The van der Waals surface area contributed by atoms with E-state index in [-0.39, 0.29) is 0 Å². The standard InChI is InChI=1S/C52H31N3O/c1-53-40-25-21-34(22-26-40)37-24-28-50-46(30-37)52(44-17-9-10-18-49(44)56-50)43-16-8-7-15-41(43)42-27-23-39(31-45(42)52)51-54-47(35-12-3-2-4-13-35)32-48(55-51)38-20-19-33-11-5-6-14-36(33)29-38/h2-32H. The fraction of sp³-hybridized carbons (Fsp3) is 0.0192. The van der Waals surface area contributed by atoms with Gasteiger partial charge in [0, 0.05) is 27.8 Å². The maximum absolute atomic E-state index is 7.48. The average molecular weight is 714 g/mol. The van der Waals surface area contributed by atoms with Crippen LogP contribution < -0.4 is 4.74 Å². The predicted molar refractivity (Wildman–Crippen MR) is 225 cm³/mol. The number of fused-ring (bicyclic) bond motifs is 10. The van der Waals surface area contributed by atoms with Crippen LogP contribution >= 0.6 is 0 Å². The number of benzene rings is 8. The summed E-state index contributed by atoms with van der Waals surface area (Å²) < 4.78 is 6.73. The summed E-state index contributed by atoms with van der Waals surface area (Å²) in [6.45, 7) is 7.48. The first-order chi connectivity index (χ1) is 27.7. The quantitative estimate of drug-likeness (QED) is 0.170. The van der Waals surface area contributed by atoms with Gasteiger partial charge in [-0.15, -0.1) is 0 Å². The van der Waals surface area contributed by atoms with Crippen molar-refractivity contribution in [3.8, 4) is 67.7 Å². The van der Waals surface area contributed by atoms with E-state index in [0.29, 0.717) is 11.5 Å². The van der Waals surface area contributed by atoms with E-state index in [1.54, 1.807) is 0 Å². The van der Waals surface area contributed by atoms with Crippen molar-refractivity contribution >= 4 is 16.5 Å². The largest absolute Gasteiger partial charge is 0.457 e. The zero-order valence-electron chi connectivity index (χ0n) is 30.1. The van der Waals surface area contributed by atoms with Gasteiger partial charge in [-0.05, 0) is 80.6 Å². The van der Waals surface area contributed by atoms with Gasteiger partial charge in [0.2, 0.25) is 0 Å². The minimum Gasteiger partial charge on any atom is -0.457 e. The fourth-order valence-corrected chi connectivity index (χ4v) is 8.78. The highest BCUT2D eigenvalue weighted by Crippen LogP contribution is 2.62. The number of nitrogens with zero attached hydrogens (tertiary/aromatic N) is 3. The molecule has 11 rings (SSSR count). The molecular formula is C52H31N3O. The zero-order valence-corrected chi connectivity index (χ0v) is 30.1. The van der Waals surface area contributed by atoms with Crippen molar-refractivity contribution in [2.24, 2.45) is 0 Å². The van der Waals surface area contributed by atoms with Gasteiger partial charge in [-0.3, -0.25) is 0 Å². The lowest BCUT2D eigenvalue weighted by atomic mass is 9.65. The molecule has 1 aromatic heterocycles. The van der Waals surface area contributed by atoms with Crippen LogP contribution in [-0.4, -0.2) is 9.97 Å². The van der Waals surface area contributed by atoms with Crippen LogP contribution in [0.1, 0.15) is 22.3 Å². The lowest BCUT2D eigenvalue weighted by molar-refractivity contribution is 0.436. The number of para-hydroxylation sites is 1. The van der Waals surface area contributed by atoms with Crippen LogP contribution in [0.4, 0.5) is 5.69 Å². The van der Waals surface area contributed by atoms with E-state index >= 15 is 0 Å². The third-order valence-corrected chi connectivity index (χ3v) is 11.4. The number of rotatable bonds is 4. The molecule has 8 aromatic carbocycles. The second-order valence-electron chi connectivity index (χ2n) is 14.4. The molecule has 0 bridgehead atoms. The molecule has 1 unspecified atom stereocenters. The molecule has 4 nitrogen and oxygen atoms in total. The molecule has 4 heteroatoms. The summed E-state index contributed by atoms with van der Waals surface area (Å²) in [6.07, 6.45) is 0. The Morgan fingerprint density at radius 2 is 1.04 bits per heavy atom. The lowest BCUT2D eigenvalue weighted by Crippen LogP contribution is -2.32. The molecule has 260 valence electrons. The lowest BCUT2D eigenvalue weighted by Gasteiger charge is -2.39. The van der Waals surface area contributed by atoms with Gasteiger partial charge < -0.3 is 4.74 Å². The van der Waals surface area contributed by atoms with Crippen molar-refractivity contribution in [3.05, 3.63) is 222 Å². The maximum atomic E-state index is 7.48. The topological polar surface area (TPSA) is 39.4 Å². The van der Waals surface area contributed by atoms with Gasteiger partial charge in [0.05, 0.1) is 23.4 Å². The molecule has 0 saturated carbocycles. The van der Waals surface area contributed by atoms with Crippen LogP contribution in [0.3, 0.4) is 0 Å². The van der Waals surface area contributed by atoms with Crippen LogP contribution in [0.25, 0.3) is 71.8 Å². The summed E-state index contributed by atoms with van der Waals surface area (Å²) in [5.41, 5.74) is 13.7. The van der Waals surface area contributed by atoms with Crippen molar-refractivity contribution in [1.29, 1.82) is 0 Å². The molecule has 2 heterocycles. The van der Waals surface area contributed by atoms with Crippen LogP contribution in [0.5, 0.6) is 11.5 Å². The fourth-order valence-electron chi connectivity index (χ4n) is 8.78. The summed E-state index contributed by atoms with van der Waals surface area (Å²) in [4.78, 5) is 14.2. The van der Waals surface area contributed by atoms with Crippen molar-refractivity contribution in [3.63, 3.8) is 0 Å². The Morgan fingerprint density at radius 1 is 0.411 bits per heavy atom. The maximum Gasteiger partial charge on any atom is 0.187 e. The predicted octanol–water partition coefficient (Wildman–Crippen LogP) is 13.3. The number of hydrogen-bond donors (Lipinski definition) is 0. The molecule has 9 aromatic rings. The average Bonchev–Trinajstić information content (AvgIpc) is 3.56. The zero-order chi connectivity index (χ0) is 37.2. The summed E-state index contributed by atoms with van der Waals surface area (Å²) in [6, 6.07) is 65.6. The smallest absolute Gasteiger partial charge is 0.187 e. The SMILES string of the molecule is [C-]#[N+]c1ccc(-c2ccc3c(c2)C2(c4ccccc4O3)c3ccccc3-c3ccc(-c4nc(-c5ccccc5)cc(-c5ccc6ccccc6c5)n4)cc32)cc1. The van der Waals surface area contributed by atoms with Crippen molar-refractivity contribution < 1.29 is 4.74 Å². The number of aromatic nitrogens is 2. The first-order valence-corrected chi connectivity index (χ1v) is 18.8. The van der Waals surface area contributed by atoms with Gasteiger partial charge in [-0.25, -0.2) is 14.8 Å². The third-order valence-electron chi connectivity index (χ3n) is 11.4. The molecule has 1 aliphatic carbocycles. The summed E-state index contributed by atoms with van der Waals surface area (Å²) in [7, 11) is 0. The van der Waals surface area contributed by atoms with E-state index in [9.17, 15) is 0 Å². The Bertz CT molecular complexity index is 3070. The number of hydrogen-bond acceptors (Lipinski definition) is 3. The van der Waals surface area contributed by atoms with Gasteiger partial charge in [0.25, 0.3) is 0 Å². The molecule has 0 fully saturated rings.